The minimum atomic E-state index is -1.61. The van der Waals surface area contributed by atoms with E-state index in [-0.39, 0.29) is 11.3 Å². The summed E-state index contributed by atoms with van der Waals surface area (Å²) in [5, 5.41) is 11.7. The number of esters is 1. The maximum Gasteiger partial charge on any atom is 0.340 e. The molecule has 7 heteroatoms. The van der Waals surface area contributed by atoms with Gasteiger partial charge in [-0.2, -0.15) is 0 Å². The number of methoxy groups -OCH3 is 1. The van der Waals surface area contributed by atoms with Gasteiger partial charge in [-0.25, -0.2) is 4.79 Å². The lowest BCUT2D eigenvalue weighted by Crippen LogP contribution is -2.28. The summed E-state index contributed by atoms with van der Waals surface area (Å²) in [6, 6.07) is 15.7. The van der Waals surface area contributed by atoms with Gasteiger partial charge in [0.15, 0.2) is 6.10 Å². The molecule has 2 aromatic carbocycles. The highest BCUT2D eigenvalue weighted by Crippen LogP contribution is 2.40. The first-order chi connectivity index (χ1) is 16.9. The number of pyridine rings is 1. The molecule has 0 saturated heterocycles. The van der Waals surface area contributed by atoms with Gasteiger partial charge in [0, 0.05) is 30.7 Å². The van der Waals surface area contributed by atoms with Crippen molar-refractivity contribution in [3.05, 3.63) is 87.5 Å². The molecule has 7 nitrogen and oxygen atoms in total. The van der Waals surface area contributed by atoms with Crippen LogP contribution in [0, 0.1) is 6.92 Å². The van der Waals surface area contributed by atoms with E-state index in [9.17, 15) is 14.7 Å². The fraction of sp³-hybridized carbons (Fsp3) is 0.286. The third-order valence-electron chi connectivity index (χ3n) is 6.89. The molecule has 1 N–H and O–H groups in total. The van der Waals surface area contributed by atoms with E-state index in [2.05, 4.69) is 0 Å². The molecule has 4 aromatic rings. The van der Waals surface area contributed by atoms with Crippen molar-refractivity contribution >= 4 is 16.9 Å². The molecule has 0 amide bonds. The number of carbonyl (C=O) groups is 1. The van der Waals surface area contributed by atoms with Gasteiger partial charge in [-0.15, -0.1) is 0 Å². The Morgan fingerprint density at radius 3 is 2.69 bits per heavy atom. The Morgan fingerprint density at radius 1 is 1.17 bits per heavy atom. The Labute approximate surface area is 203 Å². The number of aliphatic hydroxyl groups excluding tert-OH is 1. The fourth-order valence-electron chi connectivity index (χ4n) is 5.10. The highest BCUT2D eigenvalue weighted by molar-refractivity contribution is 5.99. The third kappa shape index (κ3) is 3.82. The van der Waals surface area contributed by atoms with Gasteiger partial charge in [-0.3, -0.25) is 4.79 Å². The number of benzene rings is 2. The van der Waals surface area contributed by atoms with Crippen LogP contribution in [0.5, 0.6) is 5.75 Å². The summed E-state index contributed by atoms with van der Waals surface area (Å²) in [7, 11) is 2.81. The molecule has 1 unspecified atom stereocenters. The predicted octanol–water partition coefficient (Wildman–Crippen LogP) is 3.90. The van der Waals surface area contributed by atoms with E-state index in [1.54, 1.807) is 7.05 Å². The van der Waals surface area contributed by atoms with E-state index in [1.165, 1.54) is 11.7 Å². The quantitative estimate of drug-likeness (QED) is 0.446. The van der Waals surface area contributed by atoms with Crippen LogP contribution in [0.15, 0.2) is 59.5 Å². The van der Waals surface area contributed by atoms with Crippen LogP contribution in [-0.2, 0) is 29.5 Å². The second kappa shape index (κ2) is 9.07. The van der Waals surface area contributed by atoms with Gasteiger partial charge in [0.2, 0.25) is 0 Å². The van der Waals surface area contributed by atoms with E-state index in [0.29, 0.717) is 29.6 Å². The minimum Gasteiger partial charge on any atom is -0.493 e. The number of nitrogens with zero attached hydrogens (tertiary/aromatic N) is 2. The molecule has 0 saturated carbocycles. The van der Waals surface area contributed by atoms with Crippen molar-refractivity contribution < 1.29 is 19.4 Å². The Bertz CT molecular complexity index is 1480. The molecule has 0 fully saturated rings. The summed E-state index contributed by atoms with van der Waals surface area (Å²) in [6.07, 6.45) is 2.08. The number of ether oxygens (including phenoxy) is 2. The molecule has 5 rings (SSSR count). The van der Waals surface area contributed by atoms with Gasteiger partial charge in [-0.1, -0.05) is 36.4 Å². The average Bonchev–Trinajstić information content (AvgIpc) is 3.30. The Hall–Kier alpha value is -3.84. The third-order valence-corrected chi connectivity index (χ3v) is 6.89. The van der Waals surface area contributed by atoms with Crippen LogP contribution >= 0.6 is 0 Å². The molecule has 1 atom stereocenters. The van der Waals surface area contributed by atoms with Crippen LogP contribution in [0.1, 0.15) is 34.9 Å². The standard InChI is InChI=1S/C28H28N2O5/c1-17-19-10-7-15-35-22(19)12-11-20(17)23-21-13-14-30(16-18-8-5-4-6-9-18)24(21)27(32)29(2)25(23)26(31)28(33)34-3/h4-6,8-9,11-14,26,31H,7,10,15-16H2,1-3H3. The molecule has 0 radical (unpaired) electrons. The molecule has 3 heterocycles. The van der Waals surface area contributed by atoms with Crippen molar-refractivity contribution in [1.82, 2.24) is 9.13 Å². The summed E-state index contributed by atoms with van der Waals surface area (Å²) >= 11 is 0. The van der Waals surface area contributed by atoms with E-state index >= 15 is 0 Å². The zero-order valence-corrected chi connectivity index (χ0v) is 20.1. The highest BCUT2D eigenvalue weighted by atomic mass is 16.5. The van der Waals surface area contributed by atoms with Gasteiger partial charge >= 0.3 is 5.97 Å². The lowest BCUT2D eigenvalue weighted by Gasteiger charge is -2.24. The van der Waals surface area contributed by atoms with Crippen molar-refractivity contribution in [3.63, 3.8) is 0 Å². The molecule has 0 bridgehead atoms. The number of hydrogen-bond acceptors (Lipinski definition) is 5. The van der Waals surface area contributed by atoms with Gasteiger partial charge < -0.3 is 23.7 Å². The molecular weight excluding hydrogens is 444 g/mol. The van der Waals surface area contributed by atoms with Crippen LogP contribution in [0.2, 0.25) is 0 Å². The molecule has 180 valence electrons. The normalized spacial score (nSPS) is 13.8. The molecule has 0 aliphatic carbocycles. The predicted molar refractivity (Wildman–Crippen MR) is 134 cm³/mol. The molecule has 2 aromatic heterocycles. The number of aromatic nitrogens is 2. The molecule has 1 aliphatic heterocycles. The van der Waals surface area contributed by atoms with Crippen LogP contribution in [-0.4, -0.2) is 33.9 Å². The lowest BCUT2D eigenvalue weighted by atomic mass is 9.89. The van der Waals surface area contributed by atoms with Crippen molar-refractivity contribution in [1.29, 1.82) is 0 Å². The molecule has 1 aliphatic rings. The summed E-state index contributed by atoms with van der Waals surface area (Å²) in [6.45, 7) is 3.23. The largest absolute Gasteiger partial charge is 0.493 e. The van der Waals surface area contributed by atoms with Crippen molar-refractivity contribution in [2.45, 2.75) is 32.4 Å². The van der Waals surface area contributed by atoms with Crippen molar-refractivity contribution in [2.24, 2.45) is 7.05 Å². The summed E-state index contributed by atoms with van der Waals surface area (Å²) in [4.78, 5) is 26.0. The number of rotatable bonds is 5. The van der Waals surface area contributed by atoms with E-state index in [4.69, 9.17) is 9.47 Å². The van der Waals surface area contributed by atoms with E-state index in [1.807, 2.05) is 66.2 Å². The van der Waals surface area contributed by atoms with E-state index in [0.717, 1.165) is 40.8 Å². The Balaban J connectivity index is 1.82. The Kier molecular flexibility index (Phi) is 5.94. The maximum atomic E-state index is 13.6. The second-order valence-corrected chi connectivity index (χ2v) is 8.91. The number of fused-ring (bicyclic) bond motifs is 2. The van der Waals surface area contributed by atoms with Crippen LogP contribution in [0.4, 0.5) is 0 Å². The maximum absolute atomic E-state index is 13.6. The zero-order valence-electron chi connectivity index (χ0n) is 20.1. The number of aliphatic hydroxyl groups is 1. The SMILES string of the molecule is COC(=O)C(O)c1c(-c2ccc3c(c2C)CCCO3)c2ccn(Cc3ccccc3)c2c(=O)n1C. The number of carbonyl (C=O) groups excluding carboxylic acids is 1. The monoisotopic (exact) mass is 472 g/mol. The first-order valence-electron chi connectivity index (χ1n) is 11.7. The fourth-order valence-corrected chi connectivity index (χ4v) is 5.10. The molecule has 0 spiro atoms. The topological polar surface area (TPSA) is 82.7 Å². The van der Waals surface area contributed by atoms with Crippen LogP contribution < -0.4 is 10.3 Å². The summed E-state index contributed by atoms with van der Waals surface area (Å²) in [5.74, 6) is 0.0403. The van der Waals surface area contributed by atoms with Crippen LogP contribution in [0.3, 0.4) is 0 Å². The Morgan fingerprint density at radius 2 is 1.94 bits per heavy atom. The zero-order chi connectivity index (χ0) is 24.7. The van der Waals surface area contributed by atoms with Gasteiger partial charge in [0.05, 0.1) is 19.4 Å². The molecule has 35 heavy (non-hydrogen) atoms. The van der Waals surface area contributed by atoms with Gasteiger partial charge in [0.1, 0.15) is 11.3 Å². The average molecular weight is 473 g/mol. The van der Waals surface area contributed by atoms with Crippen LogP contribution in [0.25, 0.3) is 22.0 Å². The molecular formula is C28H28N2O5. The second-order valence-electron chi connectivity index (χ2n) is 8.91. The summed E-state index contributed by atoms with van der Waals surface area (Å²) < 4.78 is 14.0. The minimum absolute atomic E-state index is 0.214. The lowest BCUT2D eigenvalue weighted by molar-refractivity contribution is -0.151. The van der Waals surface area contributed by atoms with Gasteiger partial charge in [-0.05, 0) is 54.2 Å². The first-order valence-corrected chi connectivity index (χ1v) is 11.7. The van der Waals surface area contributed by atoms with Crippen molar-refractivity contribution in [3.8, 4) is 16.9 Å². The summed E-state index contributed by atoms with van der Waals surface area (Å²) in [5.41, 5.74) is 5.13. The smallest absolute Gasteiger partial charge is 0.340 e. The van der Waals surface area contributed by atoms with E-state index < -0.39 is 12.1 Å². The number of hydrogen-bond donors (Lipinski definition) is 1. The highest BCUT2D eigenvalue weighted by Gasteiger charge is 2.30. The van der Waals surface area contributed by atoms with Crippen molar-refractivity contribution in [2.75, 3.05) is 13.7 Å². The van der Waals surface area contributed by atoms with Gasteiger partial charge in [0.25, 0.3) is 5.56 Å². The first kappa shape index (κ1) is 22.9.